The van der Waals surface area contributed by atoms with Crippen LogP contribution in [0.4, 0.5) is 0 Å². The minimum atomic E-state index is -3.87. The van der Waals surface area contributed by atoms with E-state index in [-0.39, 0.29) is 36.0 Å². The van der Waals surface area contributed by atoms with E-state index in [0.717, 1.165) is 11.8 Å². The molecule has 4 N–H and O–H groups in total. The highest BCUT2D eigenvalue weighted by Gasteiger charge is 2.42. The van der Waals surface area contributed by atoms with Gasteiger partial charge in [-0.2, -0.15) is 4.31 Å². The summed E-state index contributed by atoms with van der Waals surface area (Å²) in [6.07, 6.45) is 3.27. The molecular weight excluding hydrogens is 600 g/mol. The molecule has 0 aromatic heterocycles. The van der Waals surface area contributed by atoms with Crippen molar-refractivity contribution in [2.75, 3.05) is 39.5 Å². The lowest BCUT2D eigenvalue weighted by Gasteiger charge is -2.38. The Morgan fingerprint density at radius 1 is 1.00 bits per heavy atom. The molecule has 2 aromatic rings. The molecule has 2 fully saturated rings. The predicted octanol–water partition coefficient (Wildman–Crippen LogP) is 1.20. The number of benzene rings is 2. The van der Waals surface area contributed by atoms with Gasteiger partial charge in [-0.1, -0.05) is 42.5 Å². The number of carbonyl (C=O) groups excluding carboxylic acids is 4. The number of nitrogens with two attached hydrogens (primary N) is 1. The standard InChI is InChI=1S/C31H40N6O7S/c1-44-30(41)24-12-7-6-11-23(24)28(39)34-31(33)35-17-14-22(15-18-35)20-37(45(2,42)43)26(19-21-9-4-3-5-10-21)29(40)36-16-8-13-25(36)27(32)38/h3-7,9-12,22,25-26H,8,13-20H2,1-2H3,(H2,32,38)(H2,33,34,39)/t25-,26+/m0/s1. The van der Waals surface area contributed by atoms with Crippen molar-refractivity contribution in [1.29, 1.82) is 5.41 Å². The molecule has 242 valence electrons. The largest absolute Gasteiger partial charge is 0.465 e. The highest BCUT2D eigenvalue weighted by molar-refractivity contribution is 7.88. The molecule has 0 aliphatic carbocycles. The number of hydrogen-bond acceptors (Lipinski definition) is 8. The van der Waals surface area contributed by atoms with Gasteiger partial charge >= 0.3 is 5.97 Å². The van der Waals surface area contributed by atoms with Gasteiger partial charge < -0.3 is 20.3 Å². The zero-order chi connectivity index (χ0) is 32.7. The van der Waals surface area contributed by atoms with Crippen molar-refractivity contribution in [2.24, 2.45) is 11.7 Å². The average molecular weight is 641 g/mol. The van der Waals surface area contributed by atoms with Crippen LogP contribution in [0.3, 0.4) is 0 Å². The van der Waals surface area contributed by atoms with Gasteiger partial charge in [0.05, 0.1) is 24.5 Å². The number of likely N-dealkylation sites (tertiary alicyclic amines) is 2. The number of hydrogen-bond donors (Lipinski definition) is 3. The minimum Gasteiger partial charge on any atom is -0.465 e. The number of piperidine rings is 1. The molecule has 2 aliphatic heterocycles. The van der Waals surface area contributed by atoms with Crippen LogP contribution in [-0.2, 0) is 30.8 Å². The Labute approximate surface area is 263 Å². The molecule has 14 heteroatoms. The van der Waals surface area contributed by atoms with Crippen molar-refractivity contribution in [2.45, 2.75) is 44.2 Å². The molecule has 0 radical (unpaired) electrons. The van der Waals surface area contributed by atoms with E-state index < -0.39 is 45.8 Å². The summed E-state index contributed by atoms with van der Waals surface area (Å²) in [6.45, 7) is 1.14. The number of amides is 3. The lowest BCUT2D eigenvalue weighted by Crippen LogP contribution is -2.56. The van der Waals surface area contributed by atoms with E-state index in [1.165, 1.54) is 28.4 Å². The molecule has 2 atom stereocenters. The molecule has 2 aliphatic rings. The number of carbonyl (C=O) groups is 4. The van der Waals surface area contributed by atoms with Crippen LogP contribution in [0.15, 0.2) is 54.6 Å². The number of nitrogens with one attached hydrogen (secondary N) is 2. The number of methoxy groups -OCH3 is 1. The van der Waals surface area contributed by atoms with Crippen LogP contribution < -0.4 is 11.1 Å². The number of primary amides is 1. The third-order valence-corrected chi connectivity index (χ3v) is 9.63. The third-order valence-electron chi connectivity index (χ3n) is 8.37. The summed E-state index contributed by atoms with van der Waals surface area (Å²) in [4.78, 5) is 54.1. The number of sulfonamides is 1. The van der Waals surface area contributed by atoms with Crippen LogP contribution in [0.5, 0.6) is 0 Å². The number of ether oxygens (including phenoxy) is 1. The maximum Gasteiger partial charge on any atom is 0.338 e. The van der Waals surface area contributed by atoms with Crippen LogP contribution in [0.25, 0.3) is 0 Å². The second-order valence-electron chi connectivity index (χ2n) is 11.4. The zero-order valence-corrected chi connectivity index (χ0v) is 26.3. The first kappa shape index (κ1) is 33.6. The average Bonchev–Trinajstić information content (AvgIpc) is 3.53. The SMILES string of the molecule is COC(=O)c1ccccc1C(=O)NC(=N)N1CCC(CN([C@H](Cc2ccccc2)C(=O)N2CCC[C@H]2C(N)=O)S(C)(=O)=O)CC1. The van der Waals surface area contributed by atoms with Gasteiger partial charge in [0.25, 0.3) is 5.91 Å². The van der Waals surface area contributed by atoms with Crippen LogP contribution in [0.2, 0.25) is 0 Å². The molecule has 0 saturated carbocycles. The van der Waals surface area contributed by atoms with Gasteiger partial charge in [0.15, 0.2) is 5.96 Å². The first-order chi connectivity index (χ1) is 21.4. The van der Waals surface area contributed by atoms with E-state index >= 15 is 0 Å². The second kappa shape index (κ2) is 14.7. The molecular formula is C31H40N6O7S. The van der Waals surface area contributed by atoms with E-state index in [9.17, 15) is 27.6 Å². The van der Waals surface area contributed by atoms with E-state index in [0.29, 0.717) is 45.3 Å². The fraction of sp³-hybridized carbons (Fsp3) is 0.452. The first-order valence-corrected chi connectivity index (χ1v) is 16.7. The normalized spacial score (nSPS) is 18.0. The lowest BCUT2D eigenvalue weighted by molar-refractivity contribution is -0.140. The summed E-state index contributed by atoms with van der Waals surface area (Å²) in [5, 5.41) is 11.0. The molecule has 45 heavy (non-hydrogen) atoms. The minimum absolute atomic E-state index is 0.0805. The van der Waals surface area contributed by atoms with Gasteiger partial charge in [-0.25, -0.2) is 13.2 Å². The topological polar surface area (TPSA) is 183 Å². The van der Waals surface area contributed by atoms with E-state index in [1.807, 2.05) is 30.3 Å². The molecule has 0 unspecified atom stereocenters. The molecule has 2 saturated heterocycles. The Bertz CT molecular complexity index is 1530. The summed E-state index contributed by atoms with van der Waals surface area (Å²) in [5.74, 6) is -2.61. The second-order valence-corrected chi connectivity index (χ2v) is 13.3. The van der Waals surface area contributed by atoms with Gasteiger partial charge in [-0.05, 0) is 55.7 Å². The van der Waals surface area contributed by atoms with Crippen molar-refractivity contribution in [1.82, 2.24) is 19.4 Å². The molecule has 2 heterocycles. The van der Waals surface area contributed by atoms with Crippen molar-refractivity contribution in [3.8, 4) is 0 Å². The van der Waals surface area contributed by atoms with Crippen LogP contribution in [-0.4, -0.2) is 104 Å². The summed E-state index contributed by atoms with van der Waals surface area (Å²) in [6, 6.07) is 13.5. The molecule has 4 rings (SSSR count). The highest BCUT2D eigenvalue weighted by Crippen LogP contribution is 2.26. The van der Waals surface area contributed by atoms with Gasteiger partial charge in [0, 0.05) is 26.2 Å². The fourth-order valence-electron chi connectivity index (χ4n) is 5.98. The number of esters is 1. The Balaban J connectivity index is 1.46. The van der Waals surface area contributed by atoms with Gasteiger partial charge in [0.2, 0.25) is 21.8 Å². The smallest absolute Gasteiger partial charge is 0.338 e. The molecule has 0 bridgehead atoms. The third kappa shape index (κ3) is 8.25. The van der Waals surface area contributed by atoms with Gasteiger partial charge in [-0.15, -0.1) is 0 Å². The molecule has 0 spiro atoms. The summed E-state index contributed by atoms with van der Waals surface area (Å²) in [5.41, 5.74) is 6.53. The Hall–Kier alpha value is -4.30. The van der Waals surface area contributed by atoms with Crippen molar-refractivity contribution in [3.05, 3.63) is 71.3 Å². The van der Waals surface area contributed by atoms with Gasteiger partial charge in [-0.3, -0.25) is 25.1 Å². The maximum absolute atomic E-state index is 13.9. The van der Waals surface area contributed by atoms with E-state index in [1.54, 1.807) is 17.0 Å². The number of guanidine groups is 1. The fourth-order valence-corrected chi connectivity index (χ4v) is 7.09. The molecule has 13 nitrogen and oxygen atoms in total. The van der Waals surface area contributed by atoms with Crippen molar-refractivity contribution in [3.63, 3.8) is 0 Å². The quantitative estimate of drug-likeness (QED) is 0.197. The van der Waals surface area contributed by atoms with Crippen molar-refractivity contribution < 1.29 is 32.3 Å². The van der Waals surface area contributed by atoms with Crippen LogP contribution in [0, 0.1) is 11.3 Å². The van der Waals surface area contributed by atoms with E-state index in [4.69, 9.17) is 15.9 Å². The highest BCUT2D eigenvalue weighted by atomic mass is 32.2. The molecule has 2 aromatic carbocycles. The summed E-state index contributed by atoms with van der Waals surface area (Å²) >= 11 is 0. The van der Waals surface area contributed by atoms with Crippen molar-refractivity contribution >= 4 is 39.7 Å². The van der Waals surface area contributed by atoms with Gasteiger partial charge in [0.1, 0.15) is 12.1 Å². The summed E-state index contributed by atoms with van der Waals surface area (Å²) < 4.78 is 32.5. The van der Waals surface area contributed by atoms with Crippen LogP contribution in [0.1, 0.15) is 52.0 Å². The lowest BCUT2D eigenvalue weighted by atomic mass is 9.95. The Morgan fingerprint density at radius 3 is 2.22 bits per heavy atom. The Kier molecular flexibility index (Phi) is 10.9. The molecule has 3 amide bonds. The predicted molar refractivity (Wildman–Crippen MR) is 167 cm³/mol. The maximum atomic E-state index is 13.9. The monoisotopic (exact) mass is 640 g/mol. The number of rotatable bonds is 10. The van der Waals surface area contributed by atoms with Crippen LogP contribution >= 0.6 is 0 Å². The first-order valence-electron chi connectivity index (χ1n) is 14.8. The number of nitrogens with zero attached hydrogens (tertiary/aromatic N) is 3. The van der Waals surface area contributed by atoms with E-state index in [2.05, 4.69) is 5.32 Å². The Morgan fingerprint density at radius 2 is 1.62 bits per heavy atom. The zero-order valence-electron chi connectivity index (χ0n) is 25.5. The summed E-state index contributed by atoms with van der Waals surface area (Å²) in [7, 11) is -2.65.